The monoisotopic (exact) mass is 226 g/mol. The molecule has 0 saturated carbocycles. The molecule has 17 heavy (non-hydrogen) atoms. The minimum Gasteiger partial charge on any atom is -0.257 e. The molecular formula is C13H10N4. The van der Waals surface area contributed by atoms with Crippen LogP contribution in [-0.2, 0) is 0 Å². The van der Waals surface area contributed by atoms with Crippen LogP contribution < -0.4 is 0 Å². The molecule has 82 valence electrons. The van der Waals surface area contributed by atoms with Crippen LogP contribution >= 0.6 is 0 Å². The molecule has 3 aromatic rings. The van der Waals surface area contributed by atoms with Gasteiger partial charge in [0.2, 0.25) is 0 Å². The first kappa shape index (κ1) is 6.30. The Bertz CT molecular complexity index is 801. The standard InChI is InChI=1S/C13H10N4/c1-2-6-10(7-3-1)12-15-13(17-16-12)11-8-4-5-9-14-11/h1-9H,(H,15,16,17)/i4D,5D,8D,9D. The molecule has 0 amide bonds. The van der Waals surface area contributed by atoms with Gasteiger partial charge in [0.1, 0.15) is 5.69 Å². The van der Waals surface area contributed by atoms with Gasteiger partial charge in [0.25, 0.3) is 0 Å². The number of aromatic amines is 1. The lowest BCUT2D eigenvalue weighted by atomic mass is 10.2. The third kappa shape index (κ3) is 1.92. The highest BCUT2D eigenvalue weighted by Crippen LogP contribution is 2.17. The van der Waals surface area contributed by atoms with Crippen LogP contribution in [0.5, 0.6) is 0 Å². The van der Waals surface area contributed by atoms with Crippen LogP contribution in [0.3, 0.4) is 0 Å². The van der Waals surface area contributed by atoms with E-state index in [0.717, 1.165) is 5.56 Å². The first-order valence-electron chi connectivity index (χ1n) is 7.00. The van der Waals surface area contributed by atoms with Gasteiger partial charge in [-0.05, 0) is 12.1 Å². The third-order valence-electron chi connectivity index (χ3n) is 2.21. The number of rotatable bonds is 2. The lowest BCUT2D eigenvalue weighted by Gasteiger charge is -1.93. The highest BCUT2D eigenvalue weighted by molar-refractivity contribution is 5.58. The van der Waals surface area contributed by atoms with Gasteiger partial charge in [-0.1, -0.05) is 36.4 Å². The number of hydrogen-bond acceptors (Lipinski definition) is 3. The van der Waals surface area contributed by atoms with Crippen molar-refractivity contribution in [1.82, 2.24) is 20.2 Å². The van der Waals surface area contributed by atoms with Crippen molar-refractivity contribution in [1.29, 1.82) is 0 Å². The molecule has 0 unspecified atom stereocenters. The van der Waals surface area contributed by atoms with E-state index >= 15 is 0 Å². The van der Waals surface area contributed by atoms with Crippen LogP contribution in [0, 0.1) is 0 Å². The van der Waals surface area contributed by atoms with E-state index < -0.39 is 0 Å². The van der Waals surface area contributed by atoms with E-state index in [1.54, 1.807) is 0 Å². The Labute approximate surface area is 104 Å². The molecule has 0 fully saturated rings. The number of aromatic nitrogens is 4. The van der Waals surface area contributed by atoms with Gasteiger partial charge in [-0.25, -0.2) is 4.98 Å². The van der Waals surface area contributed by atoms with Gasteiger partial charge in [-0.15, -0.1) is 0 Å². The van der Waals surface area contributed by atoms with Gasteiger partial charge in [0.15, 0.2) is 11.6 Å². The fourth-order valence-electron chi connectivity index (χ4n) is 1.43. The molecular weight excluding hydrogens is 212 g/mol. The quantitative estimate of drug-likeness (QED) is 0.730. The highest BCUT2D eigenvalue weighted by atomic mass is 15.2. The number of pyridine rings is 1. The Morgan fingerprint density at radius 1 is 1.12 bits per heavy atom. The van der Waals surface area contributed by atoms with Gasteiger partial charge in [-0.2, -0.15) is 5.10 Å². The Balaban J connectivity index is 2.09. The summed E-state index contributed by atoms with van der Waals surface area (Å²) in [4.78, 5) is 8.09. The van der Waals surface area contributed by atoms with E-state index in [1.807, 2.05) is 30.3 Å². The van der Waals surface area contributed by atoms with E-state index in [9.17, 15) is 0 Å². The zero-order valence-corrected chi connectivity index (χ0v) is 8.73. The second kappa shape index (κ2) is 4.17. The zero-order chi connectivity index (χ0) is 15.0. The van der Waals surface area contributed by atoms with Gasteiger partial charge < -0.3 is 0 Å². The summed E-state index contributed by atoms with van der Waals surface area (Å²) >= 11 is 0. The van der Waals surface area contributed by atoms with Crippen LogP contribution in [0.4, 0.5) is 0 Å². The topological polar surface area (TPSA) is 54.5 Å². The molecule has 4 heteroatoms. The molecule has 0 aliphatic heterocycles. The summed E-state index contributed by atoms with van der Waals surface area (Å²) in [7, 11) is 0. The Hall–Kier alpha value is -2.49. The predicted molar refractivity (Wildman–Crippen MR) is 65.0 cm³/mol. The molecule has 3 rings (SSSR count). The average Bonchev–Trinajstić information content (AvgIpc) is 2.99. The average molecular weight is 226 g/mol. The molecule has 1 aromatic carbocycles. The van der Waals surface area contributed by atoms with Crippen molar-refractivity contribution in [3.05, 3.63) is 54.6 Å². The lowest BCUT2D eigenvalue weighted by molar-refractivity contribution is 1.09. The van der Waals surface area contributed by atoms with Crippen LogP contribution in [0.1, 0.15) is 5.48 Å². The summed E-state index contributed by atoms with van der Waals surface area (Å²) in [5.41, 5.74) is 0.858. The van der Waals surface area contributed by atoms with E-state index in [1.165, 1.54) is 0 Å². The molecule has 4 nitrogen and oxygen atoms in total. The minimum atomic E-state index is -0.369. The van der Waals surface area contributed by atoms with Gasteiger partial charge in [-0.3, -0.25) is 10.1 Å². The number of H-pyrrole nitrogens is 1. The van der Waals surface area contributed by atoms with Gasteiger partial charge >= 0.3 is 0 Å². The number of benzene rings is 1. The second-order valence-electron chi connectivity index (χ2n) is 3.32. The Kier molecular flexibility index (Phi) is 1.55. The van der Waals surface area contributed by atoms with E-state index in [-0.39, 0.29) is 35.8 Å². The van der Waals surface area contributed by atoms with Crippen molar-refractivity contribution in [3.8, 4) is 22.9 Å². The van der Waals surface area contributed by atoms with Crippen molar-refractivity contribution in [2.75, 3.05) is 0 Å². The Morgan fingerprint density at radius 2 is 2.00 bits per heavy atom. The summed E-state index contributed by atoms with van der Waals surface area (Å²) in [5, 5.41) is 6.72. The molecule has 0 saturated heterocycles. The molecule has 0 bridgehead atoms. The van der Waals surface area contributed by atoms with Crippen LogP contribution in [0.15, 0.2) is 54.6 Å². The number of nitrogens with zero attached hydrogens (tertiary/aromatic N) is 3. The summed E-state index contributed by atoms with van der Waals surface area (Å²) in [5.74, 6) is 0.653. The molecule has 0 atom stereocenters. The molecule has 0 radical (unpaired) electrons. The molecule has 2 heterocycles. The van der Waals surface area contributed by atoms with Crippen LogP contribution in [0.2, 0.25) is 0 Å². The van der Waals surface area contributed by atoms with Crippen molar-refractivity contribution in [2.24, 2.45) is 0 Å². The fourth-order valence-corrected chi connectivity index (χ4v) is 1.43. The molecule has 0 aliphatic carbocycles. The van der Waals surface area contributed by atoms with Gasteiger partial charge in [0, 0.05) is 11.7 Å². The molecule has 1 N–H and O–H groups in total. The van der Waals surface area contributed by atoms with E-state index in [0.29, 0.717) is 5.82 Å². The molecule has 0 aliphatic rings. The van der Waals surface area contributed by atoms with Gasteiger partial charge in [0.05, 0.1) is 5.48 Å². The smallest absolute Gasteiger partial charge is 0.181 e. The van der Waals surface area contributed by atoms with Crippen molar-refractivity contribution in [3.63, 3.8) is 0 Å². The normalized spacial score (nSPS) is 13.6. The SMILES string of the molecule is [2H]c1nc(-c2nc(-c3ccccc3)n[nH]2)c([2H])c([2H])c1[2H]. The highest BCUT2D eigenvalue weighted by Gasteiger charge is 2.07. The predicted octanol–water partition coefficient (Wildman–Crippen LogP) is 2.53. The number of hydrogen-bond donors (Lipinski definition) is 1. The van der Waals surface area contributed by atoms with Crippen LogP contribution in [-0.4, -0.2) is 20.2 Å². The fraction of sp³-hybridized carbons (Fsp3) is 0. The zero-order valence-electron chi connectivity index (χ0n) is 12.7. The summed E-state index contributed by atoms with van der Waals surface area (Å²) in [6.07, 6.45) is -0.358. The van der Waals surface area contributed by atoms with Crippen molar-refractivity contribution < 1.29 is 5.48 Å². The first-order chi connectivity index (χ1) is 10.1. The van der Waals surface area contributed by atoms with Crippen molar-refractivity contribution in [2.45, 2.75) is 0 Å². The minimum absolute atomic E-state index is 0.0516. The maximum absolute atomic E-state index is 7.84. The third-order valence-corrected chi connectivity index (χ3v) is 2.21. The van der Waals surface area contributed by atoms with Crippen LogP contribution in [0.25, 0.3) is 22.9 Å². The molecule has 2 aromatic heterocycles. The second-order valence-corrected chi connectivity index (χ2v) is 3.32. The lowest BCUT2D eigenvalue weighted by Crippen LogP contribution is -1.84. The molecule has 0 spiro atoms. The Morgan fingerprint density at radius 3 is 2.88 bits per heavy atom. The summed E-state index contributed by atoms with van der Waals surface area (Å²) < 4.78 is 30.5. The van der Waals surface area contributed by atoms with Crippen molar-refractivity contribution >= 4 is 0 Å². The maximum atomic E-state index is 7.84. The van der Waals surface area contributed by atoms with E-state index in [2.05, 4.69) is 20.2 Å². The van der Waals surface area contributed by atoms with E-state index in [4.69, 9.17) is 5.48 Å². The number of nitrogens with one attached hydrogen (secondary N) is 1. The summed E-state index contributed by atoms with van der Waals surface area (Å²) in [6.45, 7) is 0. The summed E-state index contributed by atoms with van der Waals surface area (Å²) in [6, 6.07) is 8.34. The maximum Gasteiger partial charge on any atom is 0.181 e. The largest absolute Gasteiger partial charge is 0.257 e. The first-order valence-corrected chi connectivity index (χ1v) is 5.00.